The van der Waals surface area contributed by atoms with Crippen molar-refractivity contribution in [3.8, 4) is 11.5 Å². The molecule has 1 unspecified atom stereocenters. The van der Waals surface area contributed by atoms with Crippen molar-refractivity contribution in [2.45, 2.75) is 4.75 Å². The predicted molar refractivity (Wildman–Crippen MR) is 114 cm³/mol. The van der Waals surface area contributed by atoms with Gasteiger partial charge in [0.2, 0.25) is 0 Å². The van der Waals surface area contributed by atoms with E-state index in [1.54, 1.807) is 6.07 Å². The molecule has 0 aromatic heterocycles. The Balaban J connectivity index is 2.62. The molecule has 152 valence electrons. The molecule has 0 aliphatic rings. The first-order valence-electron chi connectivity index (χ1n) is 7.89. The van der Waals surface area contributed by atoms with Crippen molar-refractivity contribution < 1.29 is 23.2 Å². The molecule has 0 aliphatic carbocycles. The molecule has 0 radical (unpaired) electrons. The summed E-state index contributed by atoms with van der Waals surface area (Å²) in [5.74, 6) is -1.72. The highest BCUT2D eigenvalue weighted by molar-refractivity contribution is 7.87. The van der Waals surface area contributed by atoms with Crippen LogP contribution in [0.25, 0.3) is 0 Å². The molecule has 1 atom stereocenters. The third-order valence-electron chi connectivity index (χ3n) is 4.38. The van der Waals surface area contributed by atoms with Crippen LogP contribution in [0.2, 0.25) is 20.1 Å². The Labute approximate surface area is 186 Å². The zero-order chi connectivity index (χ0) is 21.6. The quantitative estimate of drug-likeness (QED) is 0.239. The molecule has 3 rings (SSSR count). The Morgan fingerprint density at radius 2 is 1.31 bits per heavy atom. The first kappa shape index (κ1) is 22.0. The molecule has 3 N–H and O–H groups in total. The van der Waals surface area contributed by atoms with Gasteiger partial charge in [0.1, 0.15) is 5.02 Å². The standard InChI is InChI=1S/C19H12Cl4O5S/c20-12-6-11(7-13(21)8-12)19(29(26,27)28,10-4-2-1-3-5-10)14-9-15(22)16(23)18(25)17(14)24/h1-9,24-25H,(H,26,27,28). The number of phenolic OH excluding ortho intramolecular Hbond substituents is 2. The molecule has 29 heavy (non-hydrogen) atoms. The van der Waals surface area contributed by atoms with E-state index in [1.165, 1.54) is 42.5 Å². The zero-order valence-corrected chi connectivity index (χ0v) is 18.1. The third kappa shape index (κ3) is 3.65. The largest absolute Gasteiger partial charge is 0.504 e. The van der Waals surface area contributed by atoms with Crippen molar-refractivity contribution in [2.75, 3.05) is 0 Å². The van der Waals surface area contributed by atoms with Gasteiger partial charge < -0.3 is 10.2 Å². The normalized spacial score (nSPS) is 13.8. The summed E-state index contributed by atoms with van der Waals surface area (Å²) in [7, 11) is -5.08. The molecular formula is C19H12Cl4O5S. The van der Waals surface area contributed by atoms with Gasteiger partial charge >= 0.3 is 0 Å². The molecule has 0 saturated carbocycles. The van der Waals surface area contributed by atoms with Crippen LogP contribution in [0.15, 0.2) is 54.6 Å². The summed E-state index contributed by atoms with van der Waals surface area (Å²) in [5.41, 5.74) is -0.484. The first-order chi connectivity index (χ1) is 13.5. The molecule has 0 bridgehead atoms. The lowest BCUT2D eigenvalue weighted by atomic mass is 9.83. The van der Waals surface area contributed by atoms with Gasteiger partial charge in [-0.1, -0.05) is 76.7 Å². The maximum atomic E-state index is 12.9. The minimum absolute atomic E-state index is 0.0360. The number of benzene rings is 3. The molecule has 0 amide bonds. The van der Waals surface area contributed by atoms with Crippen molar-refractivity contribution in [1.29, 1.82) is 0 Å². The molecule has 0 fully saturated rings. The maximum absolute atomic E-state index is 12.9. The molecule has 5 nitrogen and oxygen atoms in total. The van der Waals surface area contributed by atoms with Crippen LogP contribution < -0.4 is 0 Å². The summed E-state index contributed by atoms with van der Waals surface area (Å²) in [6.45, 7) is 0. The van der Waals surface area contributed by atoms with Gasteiger partial charge in [-0.3, -0.25) is 4.55 Å². The number of hydrogen-bond donors (Lipinski definition) is 3. The first-order valence-corrected chi connectivity index (χ1v) is 10.8. The van der Waals surface area contributed by atoms with Crippen molar-refractivity contribution in [3.05, 3.63) is 91.4 Å². The van der Waals surface area contributed by atoms with Crippen LogP contribution in [-0.4, -0.2) is 23.2 Å². The molecule has 0 heterocycles. The van der Waals surface area contributed by atoms with Gasteiger partial charge in [-0.15, -0.1) is 0 Å². The van der Waals surface area contributed by atoms with Crippen LogP contribution >= 0.6 is 46.4 Å². The Bertz CT molecular complexity index is 1180. The summed E-state index contributed by atoms with van der Waals surface area (Å²) in [4.78, 5) is 0. The van der Waals surface area contributed by atoms with E-state index in [0.29, 0.717) is 0 Å². The maximum Gasteiger partial charge on any atom is 0.283 e. The lowest BCUT2D eigenvalue weighted by molar-refractivity contribution is 0.394. The third-order valence-corrected chi connectivity index (χ3v) is 7.06. The highest BCUT2D eigenvalue weighted by Gasteiger charge is 2.51. The molecule has 0 aliphatic heterocycles. The second-order valence-electron chi connectivity index (χ2n) is 6.10. The Hall–Kier alpha value is -1.67. The molecule has 10 heteroatoms. The zero-order valence-electron chi connectivity index (χ0n) is 14.3. The Morgan fingerprint density at radius 1 is 0.759 bits per heavy atom. The second kappa shape index (κ2) is 7.87. The van der Waals surface area contributed by atoms with E-state index in [2.05, 4.69) is 0 Å². The van der Waals surface area contributed by atoms with Crippen molar-refractivity contribution in [1.82, 2.24) is 0 Å². The summed E-state index contributed by atoms with van der Waals surface area (Å²) in [5, 5.41) is 20.4. The van der Waals surface area contributed by atoms with Gasteiger partial charge in [0, 0.05) is 15.6 Å². The molecule has 0 saturated heterocycles. The van der Waals surface area contributed by atoms with Crippen molar-refractivity contribution in [2.24, 2.45) is 0 Å². The monoisotopic (exact) mass is 492 g/mol. The highest BCUT2D eigenvalue weighted by Crippen LogP contribution is 2.52. The lowest BCUT2D eigenvalue weighted by Crippen LogP contribution is -2.38. The fourth-order valence-corrected chi connectivity index (χ4v) is 5.37. The topological polar surface area (TPSA) is 94.8 Å². The number of hydrogen-bond acceptors (Lipinski definition) is 4. The van der Waals surface area contributed by atoms with Crippen LogP contribution in [0, 0.1) is 0 Å². The van der Waals surface area contributed by atoms with Gasteiger partial charge in [0.05, 0.1) is 5.02 Å². The van der Waals surface area contributed by atoms with Gasteiger partial charge in [-0.25, -0.2) is 0 Å². The van der Waals surface area contributed by atoms with Crippen LogP contribution in [0.4, 0.5) is 0 Å². The summed E-state index contributed by atoms with van der Waals surface area (Å²) >= 11 is 24.1. The van der Waals surface area contributed by atoms with Gasteiger partial charge in [-0.2, -0.15) is 8.42 Å². The van der Waals surface area contributed by atoms with E-state index >= 15 is 0 Å². The number of phenols is 2. The summed E-state index contributed by atoms with van der Waals surface area (Å²) < 4.78 is 33.9. The van der Waals surface area contributed by atoms with Crippen LogP contribution in [0.1, 0.15) is 16.7 Å². The molecule has 3 aromatic carbocycles. The van der Waals surface area contributed by atoms with Gasteiger partial charge in [0.15, 0.2) is 16.2 Å². The minimum atomic E-state index is -5.08. The number of aromatic hydroxyl groups is 2. The average Bonchev–Trinajstić information content (AvgIpc) is 2.63. The summed E-state index contributed by atoms with van der Waals surface area (Å²) in [6.07, 6.45) is 0. The van der Waals surface area contributed by atoms with Crippen LogP contribution in [0.3, 0.4) is 0 Å². The SMILES string of the molecule is O=S(=O)(O)C(c1ccccc1)(c1cc(Cl)cc(Cl)c1)c1cc(Cl)c(Cl)c(O)c1O. The smallest absolute Gasteiger partial charge is 0.283 e. The highest BCUT2D eigenvalue weighted by atomic mass is 35.5. The van der Waals surface area contributed by atoms with E-state index in [1.807, 2.05) is 0 Å². The fourth-order valence-electron chi connectivity index (χ4n) is 3.22. The van der Waals surface area contributed by atoms with E-state index in [-0.39, 0.29) is 31.2 Å². The Kier molecular flexibility index (Phi) is 5.98. The minimum Gasteiger partial charge on any atom is -0.504 e. The predicted octanol–water partition coefficient (Wildman–Crippen LogP) is 5.89. The molecular weight excluding hydrogens is 482 g/mol. The average molecular weight is 494 g/mol. The van der Waals surface area contributed by atoms with Crippen molar-refractivity contribution >= 4 is 56.5 Å². The molecule has 0 spiro atoms. The van der Waals surface area contributed by atoms with Crippen LogP contribution in [-0.2, 0) is 14.9 Å². The second-order valence-corrected chi connectivity index (χ2v) is 9.32. The van der Waals surface area contributed by atoms with E-state index in [4.69, 9.17) is 46.4 Å². The number of halogens is 4. The van der Waals surface area contributed by atoms with E-state index in [0.717, 1.165) is 6.07 Å². The fraction of sp³-hybridized carbons (Fsp3) is 0.0526. The van der Waals surface area contributed by atoms with Gasteiger partial charge in [-0.05, 0) is 35.4 Å². The lowest BCUT2D eigenvalue weighted by Gasteiger charge is -2.33. The number of rotatable bonds is 4. The van der Waals surface area contributed by atoms with E-state index < -0.39 is 31.9 Å². The Morgan fingerprint density at radius 3 is 1.83 bits per heavy atom. The molecule has 3 aromatic rings. The van der Waals surface area contributed by atoms with Crippen molar-refractivity contribution in [3.63, 3.8) is 0 Å². The summed E-state index contributed by atoms with van der Waals surface area (Å²) in [6, 6.07) is 12.5. The van der Waals surface area contributed by atoms with Gasteiger partial charge in [0.25, 0.3) is 10.1 Å². The van der Waals surface area contributed by atoms with E-state index in [9.17, 15) is 23.2 Å². The van der Waals surface area contributed by atoms with Crippen LogP contribution in [0.5, 0.6) is 11.5 Å².